The summed E-state index contributed by atoms with van der Waals surface area (Å²) in [5, 5.41) is 2.70. The third-order valence-electron chi connectivity index (χ3n) is 5.69. The third kappa shape index (κ3) is 9.92. The van der Waals surface area contributed by atoms with Gasteiger partial charge >= 0.3 is 0 Å². The number of pyridine rings is 1. The molecule has 0 amide bonds. The molecule has 1 atom stereocenters. The molecular formula is C26H41N5O4S3. The molecule has 0 spiro atoms. The summed E-state index contributed by atoms with van der Waals surface area (Å²) in [4.78, 5) is 13.7. The molecule has 4 heterocycles. The number of nitrogens with one attached hydrogen (secondary N) is 2. The Morgan fingerprint density at radius 2 is 1.95 bits per heavy atom. The van der Waals surface area contributed by atoms with Crippen molar-refractivity contribution in [2.24, 2.45) is 4.99 Å². The van der Waals surface area contributed by atoms with E-state index in [4.69, 9.17) is 32.4 Å². The number of fused-ring (bicyclic) bond motifs is 1. The van der Waals surface area contributed by atoms with E-state index in [1.807, 2.05) is 48.3 Å². The average molecular weight is 584 g/mol. The van der Waals surface area contributed by atoms with Crippen LogP contribution in [0.3, 0.4) is 0 Å². The van der Waals surface area contributed by atoms with E-state index in [9.17, 15) is 0 Å². The van der Waals surface area contributed by atoms with Gasteiger partial charge in [-0.25, -0.2) is 0 Å². The predicted octanol–water partition coefficient (Wildman–Crippen LogP) is 3.81. The lowest BCUT2D eigenvalue weighted by Gasteiger charge is -2.28. The van der Waals surface area contributed by atoms with Gasteiger partial charge in [-0.15, -0.1) is 0 Å². The quantitative estimate of drug-likeness (QED) is 0.207. The number of H-pyrrole nitrogens is 2. The van der Waals surface area contributed by atoms with Crippen molar-refractivity contribution in [3.63, 3.8) is 0 Å². The van der Waals surface area contributed by atoms with E-state index < -0.39 is 0 Å². The van der Waals surface area contributed by atoms with Crippen molar-refractivity contribution in [3.05, 3.63) is 52.9 Å². The molecule has 3 aromatic rings. The lowest BCUT2D eigenvalue weighted by atomic mass is 10.2. The van der Waals surface area contributed by atoms with Gasteiger partial charge in [0.15, 0.2) is 0 Å². The van der Waals surface area contributed by atoms with E-state index in [1.54, 1.807) is 7.11 Å². The number of benzene rings is 1. The Labute approximate surface area is 238 Å². The number of methoxy groups -OCH3 is 1. The molecule has 12 heteroatoms. The molecule has 2 aliphatic heterocycles. The Bertz CT molecular complexity index is 1160. The molecule has 2 aromatic heterocycles. The summed E-state index contributed by atoms with van der Waals surface area (Å²) < 4.78 is 11.7. The molecule has 1 aromatic carbocycles. The summed E-state index contributed by atoms with van der Waals surface area (Å²) in [6, 6.07) is 11.7. The molecule has 0 aliphatic carbocycles. The fourth-order valence-electron chi connectivity index (χ4n) is 3.94. The van der Waals surface area contributed by atoms with Gasteiger partial charge in [0.05, 0.1) is 30.0 Å². The van der Waals surface area contributed by atoms with Crippen LogP contribution in [0.4, 0.5) is 5.69 Å². The monoisotopic (exact) mass is 583 g/mol. The first-order valence-corrected chi connectivity index (χ1v) is 14.3. The predicted molar refractivity (Wildman–Crippen MR) is 167 cm³/mol. The van der Waals surface area contributed by atoms with Crippen LogP contribution >= 0.6 is 35.7 Å². The van der Waals surface area contributed by atoms with Gasteiger partial charge in [0, 0.05) is 74.2 Å². The fourth-order valence-corrected chi connectivity index (χ4v) is 6.21. The van der Waals surface area contributed by atoms with E-state index in [0.29, 0.717) is 24.2 Å². The zero-order valence-corrected chi connectivity index (χ0v) is 23.4. The number of aromatic nitrogens is 2. The second-order valence-corrected chi connectivity index (χ2v) is 11.3. The summed E-state index contributed by atoms with van der Waals surface area (Å²) in [7, 11) is 1.70. The summed E-state index contributed by atoms with van der Waals surface area (Å²) in [5.74, 6) is 3.30. The van der Waals surface area contributed by atoms with Gasteiger partial charge in [-0.2, -0.15) is 11.8 Å². The number of nitrogen functional groups attached to an aromatic ring is 1. The molecular weight excluding hydrogens is 543 g/mol. The zero-order chi connectivity index (χ0) is 24.5. The van der Waals surface area contributed by atoms with Crippen LogP contribution < -0.4 is 10.5 Å². The fraction of sp³-hybridized carbons (Fsp3) is 0.462. The molecule has 0 bridgehead atoms. The number of hydrogen-bond acceptors (Lipinski definition) is 8. The number of rotatable bonds is 8. The van der Waals surface area contributed by atoms with Crippen molar-refractivity contribution in [3.8, 4) is 5.75 Å². The maximum Gasteiger partial charge on any atom is 0.122 e. The maximum absolute atomic E-state index is 6.26. The standard InChI is InChI=1S/C20H28N4O2S2.C5H5NS.CH4.2H2O/c1-25-5-2-6-26-15-9-14-10-18(23-19(14)17(21)11-15)20-22-12-16(28-20)13-24-3-7-27-8-4-24;7-5-3-1-2-4-6-5;;;/h9-11,16,23H,2-8,12-13,21H2,1H3;1-4H,(H,6,7);1H4;2*1H2. The molecule has 1 unspecified atom stereocenters. The summed E-state index contributed by atoms with van der Waals surface area (Å²) in [5.41, 5.74) is 8.98. The largest absolute Gasteiger partial charge is 0.493 e. The van der Waals surface area contributed by atoms with Gasteiger partial charge in [-0.1, -0.05) is 37.5 Å². The second kappa shape index (κ2) is 17.5. The number of ether oxygens (including phenoxy) is 2. The number of aliphatic imine (C=N–C) groups is 1. The minimum absolute atomic E-state index is 0. The summed E-state index contributed by atoms with van der Waals surface area (Å²) in [6.07, 6.45) is 2.67. The molecule has 38 heavy (non-hydrogen) atoms. The van der Waals surface area contributed by atoms with Crippen molar-refractivity contribution in [1.82, 2.24) is 14.9 Å². The number of anilines is 1. The number of nitrogens with two attached hydrogens (primary N) is 1. The zero-order valence-electron chi connectivity index (χ0n) is 21.0. The average Bonchev–Trinajstić information content (AvgIpc) is 3.51. The highest BCUT2D eigenvalue weighted by Gasteiger charge is 2.25. The molecule has 8 N–H and O–H groups in total. The second-order valence-electron chi connectivity index (χ2n) is 8.38. The van der Waals surface area contributed by atoms with Crippen molar-refractivity contribution in [2.45, 2.75) is 19.1 Å². The van der Waals surface area contributed by atoms with Crippen molar-refractivity contribution in [1.29, 1.82) is 0 Å². The Balaban J connectivity index is 0.000000632. The minimum Gasteiger partial charge on any atom is -0.493 e. The van der Waals surface area contributed by atoms with Gasteiger partial charge in [-0.05, 0) is 24.3 Å². The number of nitrogens with zero attached hydrogens (tertiary/aromatic N) is 2. The van der Waals surface area contributed by atoms with Crippen molar-refractivity contribution < 1.29 is 20.4 Å². The van der Waals surface area contributed by atoms with Gasteiger partial charge in [0.2, 0.25) is 0 Å². The molecule has 9 nitrogen and oxygen atoms in total. The van der Waals surface area contributed by atoms with Crippen LogP contribution in [0.1, 0.15) is 19.5 Å². The normalized spacial score (nSPS) is 16.8. The van der Waals surface area contributed by atoms with Crippen LogP contribution in [0.25, 0.3) is 10.9 Å². The highest BCUT2D eigenvalue weighted by atomic mass is 32.2. The number of thioether (sulfide) groups is 2. The summed E-state index contributed by atoms with van der Waals surface area (Å²) in [6.45, 7) is 5.73. The Kier molecular flexibility index (Phi) is 15.7. The van der Waals surface area contributed by atoms with Crippen LogP contribution in [-0.4, -0.2) is 94.1 Å². The number of hydrogen-bond donors (Lipinski definition) is 3. The van der Waals surface area contributed by atoms with Gasteiger partial charge in [0.25, 0.3) is 0 Å². The highest BCUT2D eigenvalue weighted by molar-refractivity contribution is 8.15. The molecule has 0 saturated carbocycles. The molecule has 0 radical (unpaired) electrons. The van der Waals surface area contributed by atoms with Crippen LogP contribution in [0.15, 0.2) is 47.6 Å². The SMILES string of the molecule is C.COCCCOc1cc(N)c2[nH]c(C3=NCC(CN4CCSCC4)S3)cc2c1.O.O.S=c1cccc[nH]1. The molecule has 5 rings (SSSR count). The Hall–Kier alpha value is -2.06. The van der Waals surface area contributed by atoms with Crippen LogP contribution in [0, 0.1) is 4.64 Å². The number of aromatic amines is 2. The van der Waals surface area contributed by atoms with Crippen molar-refractivity contribution >= 4 is 57.4 Å². The van der Waals surface area contributed by atoms with E-state index in [0.717, 1.165) is 51.5 Å². The van der Waals surface area contributed by atoms with Crippen LogP contribution in [0.2, 0.25) is 0 Å². The molecule has 2 aliphatic rings. The van der Waals surface area contributed by atoms with Crippen LogP contribution in [0.5, 0.6) is 5.75 Å². The van der Waals surface area contributed by atoms with Crippen LogP contribution in [-0.2, 0) is 4.74 Å². The Morgan fingerprint density at radius 3 is 2.61 bits per heavy atom. The molecule has 1 saturated heterocycles. The first-order chi connectivity index (χ1) is 17.1. The van der Waals surface area contributed by atoms with E-state index >= 15 is 0 Å². The topological polar surface area (TPSA) is 155 Å². The van der Waals surface area contributed by atoms with Gasteiger partial charge in [-0.3, -0.25) is 4.99 Å². The minimum atomic E-state index is 0. The summed E-state index contributed by atoms with van der Waals surface area (Å²) >= 11 is 8.70. The lowest BCUT2D eigenvalue weighted by Crippen LogP contribution is -2.37. The first kappa shape index (κ1) is 34.0. The van der Waals surface area contributed by atoms with E-state index in [1.165, 1.54) is 24.6 Å². The highest BCUT2D eigenvalue weighted by Crippen LogP contribution is 2.32. The van der Waals surface area contributed by atoms with E-state index in [2.05, 4.69) is 32.7 Å². The maximum atomic E-state index is 6.26. The lowest BCUT2D eigenvalue weighted by molar-refractivity contribution is 0.172. The first-order valence-electron chi connectivity index (χ1n) is 11.8. The van der Waals surface area contributed by atoms with Gasteiger partial charge in [0.1, 0.15) is 15.4 Å². The van der Waals surface area contributed by atoms with Gasteiger partial charge < -0.3 is 41.0 Å². The molecule has 212 valence electrons. The smallest absolute Gasteiger partial charge is 0.122 e. The van der Waals surface area contributed by atoms with Crippen molar-refractivity contribution in [2.75, 3.05) is 63.7 Å². The Morgan fingerprint density at radius 1 is 1.16 bits per heavy atom. The third-order valence-corrected chi connectivity index (χ3v) is 8.09. The van der Waals surface area contributed by atoms with E-state index in [-0.39, 0.29) is 18.4 Å². The molecule has 1 fully saturated rings.